The molecule has 29 heavy (non-hydrogen) atoms. The summed E-state index contributed by atoms with van der Waals surface area (Å²) < 4.78 is 0. The van der Waals surface area contributed by atoms with E-state index in [1.165, 1.54) is 27.1 Å². The van der Waals surface area contributed by atoms with Gasteiger partial charge in [-0.1, -0.05) is 55.0 Å². The minimum atomic E-state index is -0.0205. The zero-order chi connectivity index (χ0) is 20.8. The Labute approximate surface area is 178 Å². The van der Waals surface area contributed by atoms with E-state index >= 15 is 0 Å². The smallest absolute Gasteiger partial charge is 0.251 e. The van der Waals surface area contributed by atoms with E-state index in [1.807, 2.05) is 36.0 Å². The van der Waals surface area contributed by atoms with Crippen LogP contribution in [-0.2, 0) is 5.75 Å². The number of hydrogen-bond acceptors (Lipinski definition) is 2. The van der Waals surface area contributed by atoms with Crippen LogP contribution in [0.4, 0.5) is 0 Å². The molecule has 3 aromatic rings. The van der Waals surface area contributed by atoms with Crippen LogP contribution in [0.15, 0.2) is 71.6 Å². The van der Waals surface area contributed by atoms with E-state index in [0.717, 1.165) is 17.7 Å². The molecule has 0 saturated carbocycles. The normalized spacial score (nSPS) is 11.9. The van der Waals surface area contributed by atoms with Crippen molar-refractivity contribution in [1.82, 2.24) is 5.32 Å². The molecule has 0 aromatic heterocycles. The first-order chi connectivity index (χ1) is 14.0. The fourth-order valence-electron chi connectivity index (χ4n) is 3.20. The number of carbonyl (C=O) groups is 1. The molecular formula is C26H29NOS. The lowest BCUT2D eigenvalue weighted by Gasteiger charge is -2.19. The summed E-state index contributed by atoms with van der Waals surface area (Å²) in [7, 11) is 0. The first-order valence-electron chi connectivity index (χ1n) is 10.1. The maximum atomic E-state index is 12.7. The fourth-order valence-corrected chi connectivity index (χ4v) is 4.05. The third-order valence-corrected chi connectivity index (χ3v) is 6.37. The zero-order valence-electron chi connectivity index (χ0n) is 17.7. The van der Waals surface area contributed by atoms with Crippen LogP contribution in [0.5, 0.6) is 0 Å². The molecule has 0 unspecified atom stereocenters. The molecule has 0 aliphatic carbocycles. The minimum absolute atomic E-state index is 0.0205. The quantitative estimate of drug-likeness (QED) is 0.440. The molecule has 150 valence electrons. The zero-order valence-corrected chi connectivity index (χ0v) is 18.5. The first kappa shape index (κ1) is 21.2. The number of carbonyl (C=O) groups excluding carboxylic acids is 1. The van der Waals surface area contributed by atoms with Crippen molar-refractivity contribution >= 4 is 17.7 Å². The number of thioether (sulfide) groups is 1. The highest BCUT2D eigenvalue weighted by atomic mass is 32.2. The van der Waals surface area contributed by atoms with Crippen LogP contribution in [0.1, 0.15) is 57.6 Å². The second-order valence-corrected chi connectivity index (χ2v) is 8.63. The van der Waals surface area contributed by atoms with Crippen molar-refractivity contribution in [3.05, 3.63) is 100 Å². The van der Waals surface area contributed by atoms with E-state index < -0.39 is 0 Å². The predicted molar refractivity (Wildman–Crippen MR) is 124 cm³/mol. The molecule has 3 heteroatoms. The number of benzene rings is 3. The molecule has 1 atom stereocenters. The third-order valence-electron chi connectivity index (χ3n) is 5.29. The molecule has 0 spiro atoms. The molecule has 0 radical (unpaired) electrons. The van der Waals surface area contributed by atoms with Gasteiger partial charge in [-0.3, -0.25) is 4.79 Å². The van der Waals surface area contributed by atoms with Crippen LogP contribution in [-0.4, -0.2) is 5.91 Å². The monoisotopic (exact) mass is 403 g/mol. The van der Waals surface area contributed by atoms with Gasteiger partial charge in [0.05, 0.1) is 6.04 Å². The SMILES string of the molecule is CC[C@H](NC(=O)c1ccc(CSc2ccc(C)cc2)cc1)c1ccc(C)c(C)c1. The van der Waals surface area contributed by atoms with E-state index in [9.17, 15) is 4.79 Å². The average molecular weight is 404 g/mol. The second-order valence-electron chi connectivity index (χ2n) is 7.58. The van der Waals surface area contributed by atoms with Crippen LogP contribution < -0.4 is 5.32 Å². The summed E-state index contributed by atoms with van der Waals surface area (Å²) in [6.45, 7) is 8.42. The van der Waals surface area contributed by atoms with Crippen LogP contribution in [0.2, 0.25) is 0 Å². The lowest BCUT2D eigenvalue weighted by Crippen LogP contribution is -2.28. The molecule has 1 amide bonds. The van der Waals surface area contributed by atoms with Crippen molar-refractivity contribution in [1.29, 1.82) is 0 Å². The summed E-state index contributed by atoms with van der Waals surface area (Å²) in [4.78, 5) is 14.0. The number of amides is 1. The van der Waals surface area contributed by atoms with Crippen LogP contribution in [0.25, 0.3) is 0 Å². The number of hydrogen-bond donors (Lipinski definition) is 1. The lowest BCUT2D eigenvalue weighted by molar-refractivity contribution is 0.0935. The van der Waals surface area contributed by atoms with E-state index in [-0.39, 0.29) is 11.9 Å². The number of nitrogens with one attached hydrogen (secondary N) is 1. The molecule has 0 bridgehead atoms. The van der Waals surface area contributed by atoms with Gasteiger partial charge in [-0.15, -0.1) is 11.8 Å². The molecule has 0 saturated heterocycles. The van der Waals surface area contributed by atoms with Gasteiger partial charge in [0, 0.05) is 16.2 Å². The Morgan fingerprint density at radius 2 is 1.59 bits per heavy atom. The predicted octanol–water partition coefficient (Wildman–Crippen LogP) is 6.79. The molecule has 0 fully saturated rings. The topological polar surface area (TPSA) is 29.1 Å². The van der Waals surface area contributed by atoms with Gasteiger partial charge < -0.3 is 5.32 Å². The highest BCUT2D eigenvalue weighted by Gasteiger charge is 2.14. The Hall–Kier alpha value is -2.52. The summed E-state index contributed by atoms with van der Waals surface area (Å²) in [5, 5.41) is 3.18. The number of aryl methyl sites for hydroxylation is 3. The number of rotatable bonds is 7. The van der Waals surface area contributed by atoms with Gasteiger partial charge in [0.1, 0.15) is 0 Å². The van der Waals surface area contributed by atoms with E-state index in [1.54, 1.807) is 0 Å². The highest BCUT2D eigenvalue weighted by Crippen LogP contribution is 2.24. The Balaban J connectivity index is 1.61. The maximum Gasteiger partial charge on any atom is 0.251 e. The van der Waals surface area contributed by atoms with Crippen LogP contribution >= 0.6 is 11.8 Å². The lowest BCUT2D eigenvalue weighted by atomic mass is 9.99. The van der Waals surface area contributed by atoms with Crippen molar-refractivity contribution in [3.63, 3.8) is 0 Å². The maximum absolute atomic E-state index is 12.7. The van der Waals surface area contributed by atoms with Gasteiger partial charge >= 0.3 is 0 Å². The fraction of sp³-hybridized carbons (Fsp3) is 0.269. The Kier molecular flexibility index (Phi) is 7.16. The van der Waals surface area contributed by atoms with Gasteiger partial charge in [0.2, 0.25) is 0 Å². The molecule has 0 aliphatic heterocycles. The molecule has 0 heterocycles. The van der Waals surface area contributed by atoms with Gasteiger partial charge in [-0.05, 0) is 73.7 Å². The van der Waals surface area contributed by atoms with Gasteiger partial charge in [0.25, 0.3) is 5.91 Å². The van der Waals surface area contributed by atoms with E-state index in [4.69, 9.17) is 0 Å². The van der Waals surface area contributed by atoms with E-state index in [2.05, 4.69) is 75.5 Å². The van der Waals surface area contributed by atoms with Crippen molar-refractivity contribution in [3.8, 4) is 0 Å². The molecule has 2 nitrogen and oxygen atoms in total. The molecule has 1 N–H and O–H groups in total. The summed E-state index contributed by atoms with van der Waals surface area (Å²) in [5.74, 6) is 0.873. The second kappa shape index (κ2) is 9.80. The first-order valence-corrected chi connectivity index (χ1v) is 11.1. The van der Waals surface area contributed by atoms with Crippen LogP contribution in [0.3, 0.4) is 0 Å². The van der Waals surface area contributed by atoms with Crippen molar-refractivity contribution in [2.24, 2.45) is 0 Å². The average Bonchev–Trinajstić information content (AvgIpc) is 2.74. The van der Waals surface area contributed by atoms with E-state index in [0.29, 0.717) is 5.56 Å². The van der Waals surface area contributed by atoms with Crippen molar-refractivity contribution in [2.75, 3.05) is 0 Å². The summed E-state index contributed by atoms with van der Waals surface area (Å²) in [5.41, 5.74) is 6.88. The van der Waals surface area contributed by atoms with Crippen molar-refractivity contribution < 1.29 is 4.79 Å². The third kappa shape index (κ3) is 5.74. The largest absolute Gasteiger partial charge is 0.345 e. The Bertz CT molecular complexity index is 961. The van der Waals surface area contributed by atoms with Gasteiger partial charge in [-0.2, -0.15) is 0 Å². The minimum Gasteiger partial charge on any atom is -0.345 e. The molecule has 3 aromatic carbocycles. The molecule has 0 aliphatic rings. The highest BCUT2D eigenvalue weighted by molar-refractivity contribution is 7.98. The molecular weight excluding hydrogens is 374 g/mol. The van der Waals surface area contributed by atoms with Gasteiger partial charge in [0.15, 0.2) is 0 Å². The standard InChI is InChI=1S/C26H29NOS/c1-5-25(23-11-8-19(3)20(4)16-23)27-26(28)22-12-9-21(10-13-22)17-29-24-14-6-18(2)7-15-24/h6-16,25H,5,17H2,1-4H3,(H,27,28)/t25-/m0/s1. The molecule has 3 rings (SSSR count). The van der Waals surface area contributed by atoms with Gasteiger partial charge in [-0.25, -0.2) is 0 Å². The van der Waals surface area contributed by atoms with Crippen LogP contribution in [0, 0.1) is 20.8 Å². The Morgan fingerprint density at radius 1 is 0.897 bits per heavy atom. The van der Waals surface area contributed by atoms with Crippen molar-refractivity contribution in [2.45, 2.75) is 50.8 Å². The Morgan fingerprint density at radius 3 is 2.21 bits per heavy atom. The summed E-state index contributed by atoms with van der Waals surface area (Å²) >= 11 is 1.81. The summed E-state index contributed by atoms with van der Waals surface area (Å²) in [6.07, 6.45) is 0.861. The summed E-state index contributed by atoms with van der Waals surface area (Å²) in [6, 6.07) is 23.0.